The van der Waals surface area contributed by atoms with E-state index in [2.05, 4.69) is 5.32 Å². The molecule has 0 aromatic heterocycles. The van der Waals surface area contributed by atoms with Crippen LogP contribution < -0.4 is 10.1 Å². The molecule has 0 heterocycles. The number of halogens is 3. The maximum atomic E-state index is 13.5. The summed E-state index contributed by atoms with van der Waals surface area (Å²) in [6.45, 7) is 9.58. The third-order valence-electron chi connectivity index (χ3n) is 7.43. The zero-order valence-corrected chi connectivity index (χ0v) is 26.0. The van der Waals surface area contributed by atoms with Crippen LogP contribution in [0.3, 0.4) is 0 Å². The molecule has 1 N–H and O–H groups in total. The van der Waals surface area contributed by atoms with Crippen molar-refractivity contribution in [3.05, 3.63) is 65.2 Å². The third-order valence-corrected chi connectivity index (χ3v) is 7.43. The molecule has 0 saturated carbocycles. The van der Waals surface area contributed by atoms with Crippen molar-refractivity contribution in [2.45, 2.75) is 71.8 Å². The van der Waals surface area contributed by atoms with Crippen molar-refractivity contribution in [3.63, 3.8) is 0 Å². The third kappa shape index (κ3) is 10.3. The Morgan fingerprint density at radius 1 is 0.930 bits per heavy atom. The fraction of sp³-hybridized carbons (Fsp3) is 0.531. The number of nitrogens with zero attached hydrogens (tertiary/aromatic N) is 3. The zero-order valence-electron chi connectivity index (χ0n) is 26.0. The monoisotopic (exact) mass is 606 g/mol. The number of carbonyl (C=O) groups is 3. The van der Waals surface area contributed by atoms with Crippen LogP contribution in [-0.4, -0.2) is 73.0 Å². The van der Waals surface area contributed by atoms with Gasteiger partial charge in [-0.3, -0.25) is 9.59 Å². The fourth-order valence-corrected chi connectivity index (χ4v) is 4.76. The Kier molecular flexibility index (Phi) is 14.0. The summed E-state index contributed by atoms with van der Waals surface area (Å²) in [6, 6.07) is 9.93. The molecule has 0 aliphatic heterocycles. The summed E-state index contributed by atoms with van der Waals surface area (Å²) in [5.41, 5.74) is 0.218. The highest BCUT2D eigenvalue weighted by Crippen LogP contribution is 2.31. The molecule has 0 aliphatic carbocycles. The second-order valence-electron chi connectivity index (χ2n) is 10.7. The number of amides is 4. The Labute approximate surface area is 253 Å². The molecule has 0 aliphatic rings. The first-order valence-electron chi connectivity index (χ1n) is 14.8. The number of rotatable bonds is 16. The van der Waals surface area contributed by atoms with Crippen LogP contribution in [0, 0.1) is 5.92 Å². The average Bonchev–Trinajstić information content (AvgIpc) is 2.98. The highest BCUT2D eigenvalue weighted by atomic mass is 19.4. The Bertz CT molecular complexity index is 1150. The van der Waals surface area contributed by atoms with E-state index in [1.165, 1.54) is 12.1 Å². The minimum absolute atomic E-state index is 0.105. The van der Waals surface area contributed by atoms with Gasteiger partial charge in [0, 0.05) is 31.1 Å². The number of nitrogens with one attached hydrogen (secondary N) is 1. The molecule has 4 amide bonds. The van der Waals surface area contributed by atoms with Crippen molar-refractivity contribution in [1.29, 1.82) is 0 Å². The van der Waals surface area contributed by atoms with Gasteiger partial charge < -0.3 is 19.9 Å². The number of carbonyl (C=O) groups excluding carboxylic acids is 3. The van der Waals surface area contributed by atoms with E-state index in [0.29, 0.717) is 62.1 Å². The van der Waals surface area contributed by atoms with E-state index >= 15 is 0 Å². The van der Waals surface area contributed by atoms with Crippen LogP contribution in [0.5, 0.6) is 5.75 Å². The molecule has 0 radical (unpaired) electrons. The largest absolute Gasteiger partial charge is 0.470 e. The van der Waals surface area contributed by atoms with Crippen LogP contribution in [-0.2, 0) is 11.0 Å². The van der Waals surface area contributed by atoms with E-state index in [-0.39, 0.29) is 11.8 Å². The summed E-state index contributed by atoms with van der Waals surface area (Å²) < 4.78 is 45.4. The summed E-state index contributed by atoms with van der Waals surface area (Å²) in [4.78, 5) is 43.5. The molecule has 0 unspecified atom stereocenters. The Morgan fingerprint density at radius 3 is 2.00 bits per heavy atom. The molecule has 0 saturated heterocycles. The van der Waals surface area contributed by atoms with Gasteiger partial charge in [0.2, 0.25) is 6.41 Å². The predicted octanol–water partition coefficient (Wildman–Crippen LogP) is 6.58. The van der Waals surface area contributed by atoms with E-state index in [4.69, 9.17) is 4.74 Å². The summed E-state index contributed by atoms with van der Waals surface area (Å²) in [5, 5.41) is 2.82. The number of hydrogen-bond donors (Lipinski definition) is 1. The first-order valence-corrected chi connectivity index (χ1v) is 14.8. The van der Waals surface area contributed by atoms with Gasteiger partial charge in [0.05, 0.1) is 11.6 Å². The van der Waals surface area contributed by atoms with Crippen molar-refractivity contribution in [1.82, 2.24) is 20.0 Å². The molecule has 0 fully saturated rings. The molecule has 2 aromatic rings. The van der Waals surface area contributed by atoms with Crippen LogP contribution in [0.25, 0.3) is 0 Å². The number of likely N-dealkylation sites (N-methyl/N-ethyl adjacent to an activating group) is 2. The van der Waals surface area contributed by atoms with Crippen LogP contribution in [0.4, 0.5) is 18.0 Å². The Morgan fingerprint density at radius 2 is 1.53 bits per heavy atom. The van der Waals surface area contributed by atoms with Gasteiger partial charge in [0.15, 0.2) is 6.23 Å². The highest BCUT2D eigenvalue weighted by Gasteiger charge is 2.33. The second-order valence-corrected chi connectivity index (χ2v) is 10.7. The number of benzene rings is 2. The lowest BCUT2D eigenvalue weighted by Gasteiger charge is -2.34. The molecule has 0 bridgehead atoms. The quantitative estimate of drug-likeness (QED) is 0.173. The van der Waals surface area contributed by atoms with Gasteiger partial charge in [-0.2, -0.15) is 13.2 Å². The number of urea groups is 1. The minimum atomic E-state index is -4.47. The molecule has 2 atom stereocenters. The lowest BCUT2D eigenvalue weighted by atomic mass is 9.99. The Balaban J connectivity index is 2.27. The number of hydrogen-bond acceptors (Lipinski definition) is 5. The molecule has 11 heteroatoms. The summed E-state index contributed by atoms with van der Waals surface area (Å²) in [6.07, 6.45) is -2.67. The summed E-state index contributed by atoms with van der Waals surface area (Å²) in [7, 11) is 3.89. The number of alkyl halides is 3. The van der Waals surface area contributed by atoms with E-state index in [1.54, 1.807) is 29.2 Å². The highest BCUT2D eigenvalue weighted by molar-refractivity contribution is 5.94. The van der Waals surface area contributed by atoms with E-state index in [0.717, 1.165) is 23.6 Å². The van der Waals surface area contributed by atoms with E-state index in [9.17, 15) is 27.6 Å². The van der Waals surface area contributed by atoms with Crippen molar-refractivity contribution < 1.29 is 32.3 Å². The predicted molar refractivity (Wildman–Crippen MR) is 161 cm³/mol. The first-order chi connectivity index (χ1) is 20.4. The standard InChI is InChI=1S/C32H45F3N4O4/c1-7-11-28(24-12-16-26(17-13-24)32(33,34)35)36-31(42)39(22-40)30(23(8-2)9-3)43-27-18-14-25(15-19-27)29(41)38(10-4)21-20-37(5)6/h12-19,22-23,28,30H,7-11,20-21H2,1-6H3,(H,36,42)/t28-,30+/m1/s1. The molecule has 238 valence electrons. The Hall–Kier alpha value is -3.60. The van der Waals surface area contributed by atoms with Gasteiger partial charge in [-0.25, -0.2) is 9.69 Å². The topological polar surface area (TPSA) is 82.2 Å². The SMILES string of the molecule is CCC[C@@H](NC(=O)N(C=O)[C@@H](Oc1ccc(C(=O)N(CC)CCN(C)C)cc1)C(CC)CC)c1ccc(C(F)(F)F)cc1. The summed E-state index contributed by atoms with van der Waals surface area (Å²) in [5.74, 6) is 0.0819. The fourth-order valence-electron chi connectivity index (χ4n) is 4.76. The smallest absolute Gasteiger partial charge is 0.416 e. The van der Waals surface area contributed by atoms with Gasteiger partial charge in [-0.15, -0.1) is 0 Å². The molecule has 0 spiro atoms. The van der Waals surface area contributed by atoms with Crippen molar-refractivity contribution in [2.24, 2.45) is 5.92 Å². The molecular weight excluding hydrogens is 561 g/mol. The molecular formula is C32H45F3N4O4. The van der Waals surface area contributed by atoms with Crippen molar-refractivity contribution in [2.75, 3.05) is 33.7 Å². The zero-order chi connectivity index (χ0) is 32.2. The van der Waals surface area contributed by atoms with Crippen molar-refractivity contribution >= 4 is 18.3 Å². The number of imide groups is 1. The van der Waals surface area contributed by atoms with E-state index in [1.807, 2.05) is 46.7 Å². The second kappa shape index (κ2) is 16.9. The van der Waals surface area contributed by atoms with E-state index < -0.39 is 30.0 Å². The lowest BCUT2D eigenvalue weighted by Crippen LogP contribution is -2.51. The van der Waals surface area contributed by atoms with Crippen LogP contribution in [0.15, 0.2) is 48.5 Å². The van der Waals surface area contributed by atoms with Gasteiger partial charge in [-0.05, 0) is 82.2 Å². The molecule has 43 heavy (non-hydrogen) atoms. The molecule has 2 aromatic carbocycles. The van der Waals surface area contributed by atoms with Crippen molar-refractivity contribution in [3.8, 4) is 5.75 Å². The van der Waals surface area contributed by atoms with Gasteiger partial charge in [-0.1, -0.05) is 39.3 Å². The van der Waals surface area contributed by atoms with Crippen LogP contribution in [0.2, 0.25) is 0 Å². The average molecular weight is 607 g/mol. The first kappa shape index (κ1) is 35.6. The van der Waals surface area contributed by atoms with Crippen LogP contribution >= 0.6 is 0 Å². The summed E-state index contributed by atoms with van der Waals surface area (Å²) >= 11 is 0. The van der Waals surface area contributed by atoms with Gasteiger partial charge in [0.25, 0.3) is 5.91 Å². The lowest BCUT2D eigenvalue weighted by molar-refractivity contribution is -0.137. The minimum Gasteiger partial charge on any atom is -0.470 e. The number of ether oxygens (including phenoxy) is 1. The maximum Gasteiger partial charge on any atom is 0.416 e. The normalized spacial score (nSPS) is 13.0. The van der Waals surface area contributed by atoms with Gasteiger partial charge in [0.1, 0.15) is 5.75 Å². The maximum absolute atomic E-state index is 13.5. The molecule has 2 rings (SSSR count). The van der Waals surface area contributed by atoms with Gasteiger partial charge >= 0.3 is 12.2 Å². The van der Waals surface area contributed by atoms with Crippen LogP contribution in [0.1, 0.15) is 80.9 Å². The molecule has 8 nitrogen and oxygen atoms in total.